The molecule has 2 fully saturated rings. The highest BCUT2D eigenvalue weighted by Crippen LogP contribution is 2.42. The van der Waals surface area contributed by atoms with E-state index in [1.165, 1.54) is 44.9 Å². The molecule has 1 aromatic heterocycles. The number of amides is 1. The van der Waals surface area contributed by atoms with E-state index in [2.05, 4.69) is 31.1 Å². The maximum atomic E-state index is 13.9. The number of Topliss-reactive ketones (excluding diaryl/α,β-unsaturated/α-hetero) is 1. The number of aromatic nitrogens is 1. The van der Waals surface area contributed by atoms with Gasteiger partial charge in [0.15, 0.2) is 11.6 Å². The highest BCUT2D eigenvalue weighted by Gasteiger charge is 2.47. The van der Waals surface area contributed by atoms with Crippen LogP contribution in [0.25, 0.3) is 0 Å². The predicted molar refractivity (Wildman–Crippen MR) is 178 cm³/mol. The summed E-state index contributed by atoms with van der Waals surface area (Å²) >= 11 is 0. The largest absolute Gasteiger partial charge is 0.481 e. The van der Waals surface area contributed by atoms with Crippen molar-refractivity contribution >= 4 is 17.7 Å². The van der Waals surface area contributed by atoms with Gasteiger partial charge in [-0.05, 0) is 63.9 Å². The molecule has 3 unspecified atom stereocenters. The van der Waals surface area contributed by atoms with Crippen molar-refractivity contribution in [2.45, 2.75) is 162 Å². The van der Waals surface area contributed by atoms with Crippen molar-refractivity contribution in [1.29, 1.82) is 0 Å². The lowest BCUT2D eigenvalue weighted by atomic mass is 9.73. The lowest BCUT2D eigenvalue weighted by molar-refractivity contribution is -0.298. The number of H-pyrrole nitrogens is 1. The van der Waals surface area contributed by atoms with E-state index in [9.17, 15) is 19.5 Å². The lowest BCUT2D eigenvalue weighted by Crippen LogP contribution is -2.53. The maximum Gasteiger partial charge on any atom is 0.304 e. The van der Waals surface area contributed by atoms with E-state index in [0.717, 1.165) is 38.5 Å². The minimum atomic E-state index is -0.882. The molecule has 2 aliphatic rings. The third-order valence-electron chi connectivity index (χ3n) is 10.1. The second-order valence-electron chi connectivity index (χ2n) is 15.3. The van der Waals surface area contributed by atoms with Crippen LogP contribution in [0.3, 0.4) is 0 Å². The van der Waals surface area contributed by atoms with Crippen LogP contribution in [0.15, 0.2) is 12.3 Å². The van der Waals surface area contributed by atoms with Crippen LogP contribution < -0.4 is 5.32 Å². The maximum absolute atomic E-state index is 13.9. The Bertz CT molecular complexity index is 1080. The summed E-state index contributed by atoms with van der Waals surface area (Å²) in [4.78, 5) is 42.6. The van der Waals surface area contributed by atoms with Crippen LogP contribution in [0.1, 0.15) is 160 Å². The Morgan fingerprint density at radius 3 is 2.20 bits per heavy atom. The molecule has 3 N–H and O–H groups in total. The summed E-state index contributed by atoms with van der Waals surface area (Å²) in [5.41, 5.74) is 0.666. The normalized spacial score (nSPS) is 24.2. The smallest absolute Gasteiger partial charge is 0.304 e. The molecule has 0 radical (unpaired) electrons. The van der Waals surface area contributed by atoms with Crippen LogP contribution in [-0.2, 0) is 19.1 Å². The van der Waals surface area contributed by atoms with Gasteiger partial charge in [-0.25, -0.2) is 0 Å². The van der Waals surface area contributed by atoms with Crippen molar-refractivity contribution in [2.24, 2.45) is 23.2 Å². The number of carboxylic acid groups (broad SMARTS) is 1. The van der Waals surface area contributed by atoms with Crippen LogP contribution in [0.4, 0.5) is 0 Å². The Kier molecular flexibility index (Phi) is 14.2. The van der Waals surface area contributed by atoms with Gasteiger partial charge in [-0.15, -0.1) is 0 Å². The molecule has 8 heteroatoms. The highest BCUT2D eigenvalue weighted by atomic mass is 16.7. The molecule has 0 spiro atoms. The van der Waals surface area contributed by atoms with Crippen molar-refractivity contribution in [2.75, 3.05) is 6.61 Å². The predicted octanol–water partition coefficient (Wildman–Crippen LogP) is 8.41. The first kappa shape index (κ1) is 37.3. The van der Waals surface area contributed by atoms with Crippen LogP contribution in [-0.4, -0.2) is 52.3 Å². The van der Waals surface area contributed by atoms with E-state index in [4.69, 9.17) is 9.47 Å². The fourth-order valence-electron chi connectivity index (χ4n) is 7.30. The summed E-state index contributed by atoms with van der Waals surface area (Å²) in [6, 6.07) is 1.86. The van der Waals surface area contributed by atoms with Crippen LogP contribution >= 0.6 is 0 Å². The molecule has 0 bridgehead atoms. The van der Waals surface area contributed by atoms with Gasteiger partial charge in [-0.1, -0.05) is 86.0 Å². The number of rotatable bonds is 18. The van der Waals surface area contributed by atoms with Crippen molar-refractivity contribution in [1.82, 2.24) is 10.3 Å². The Morgan fingerprint density at radius 1 is 0.978 bits per heavy atom. The summed E-state index contributed by atoms with van der Waals surface area (Å²) in [6.07, 6.45) is 15.2. The Morgan fingerprint density at radius 2 is 1.60 bits per heavy atom. The lowest BCUT2D eigenvalue weighted by Gasteiger charge is -2.45. The van der Waals surface area contributed by atoms with Crippen LogP contribution in [0, 0.1) is 23.2 Å². The van der Waals surface area contributed by atoms with Crippen molar-refractivity contribution in [3.63, 3.8) is 0 Å². The van der Waals surface area contributed by atoms with Gasteiger partial charge in [-0.3, -0.25) is 14.4 Å². The molecule has 8 nitrogen and oxygen atoms in total. The van der Waals surface area contributed by atoms with Gasteiger partial charge in [0.25, 0.3) is 0 Å². The molecule has 3 rings (SSSR count). The Labute approximate surface area is 272 Å². The SMILES string of the molecule is CCCCCCCCCCC(C(=O)NC1CCC(C(CC(=O)O)c2[nH]ccc2C(=O)C2OC(C)(C)OCC2(C)C)CC1)C(C)C. The summed E-state index contributed by atoms with van der Waals surface area (Å²) < 4.78 is 12.0. The molecule has 1 aliphatic heterocycles. The summed E-state index contributed by atoms with van der Waals surface area (Å²) in [5.74, 6) is -1.64. The highest BCUT2D eigenvalue weighted by molar-refractivity contribution is 6.01. The van der Waals surface area contributed by atoms with E-state index < -0.39 is 23.3 Å². The van der Waals surface area contributed by atoms with Gasteiger partial charge >= 0.3 is 5.97 Å². The molecule has 256 valence electrons. The number of hydrogen-bond acceptors (Lipinski definition) is 5. The number of carbonyl (C=O) groups is 3. The second-order valence-corrected chi connectivity index (χ2v) is 15.3. The fraction of sp³-hybridized carbons (Fsp3) is 0.811. The third-order valence-corrected chi connectivity index (χ3v) is 10.1. The molecule has 1 aliphatic carbocycles. The topological polar surface area (TPSA) is 118 Å². The number of unbranched alkanes of at least 4 members (excludes halogenated alkanes) is 7. The molecule has 2 heterocycles. The molecule has 45 heavy (non-hydrogen) atoms. The number of ether oxygens (including phenoxy) is 2. The summed E-state index contributed by atoms with van der Waals surface area (Å²) in [5, 5.41) is 13.2. The first-order valence-electron chi connectivity index (χ1n) is 17.8. The van der Waals surface area contributed by atoms with E-state index in [1.54, 1.807) is 12.3 Å². The molecule has 3 atom stereocenters. The zero-order valence-corrected chi connectivity index (χ0v) is 29.2. The van der Waals surface area contributed by atoms with Crippen molar-refractivity contribution in [3.8, 4) is 0 Å². The molecule has 1 saturated carbocycles. The van der Waals surface area contributed by atoms with Gasteiger partial charge < -0.3 is 24.9 Å². The fourth-order valence-corrected chi connectivity index (χ4v) is 7.30. The molecular formula is C37H62N2O6. The van der Waals surface area contributed by atoms with Crippen LogP contribution in [0.5, 0.6) is 0 Å². The minimum Gasteiger partial charge on any atom is -0.481 e. The number of hydrogen-bond donors (Lipinski definition) is 3. The van der Waals surface area contributed by atoms with Gasteiger partial charge in [0, 0.05) is 40.7 Å². The van der Waals surface area contributed by atoms with E-state index in [1.807, 2.05) is 27.7 Å². The number of ketones is 1. The van der Waals surface area contributed by atoms with Gasteiger partial charge in [0.1, 0.15) is 6.10 Å². The van der Waals surface area contributed by atoms with Crippen molar-refractivity contribution in [3.05, 3.63) is 23.5 Å². The molecule has 1 saturated heterocycles. The van der Waals surface area contributed by atoms with Crippen molar-refractivity contribution < 1.29 is 29.0 Å². The average molecular weight is 631 g/mol. The molecular weight excluding hydrogens is 568 g/mol. The quantitative estimate of drug-likeness (QED) is 0.111. The zero-order chi connectivity index (χ0) is 33.2. The number of carboxylic acids is 1. The van der Waals surface area contributed by atoms with E-state index >= 15 is 0 Å². The molecule has 0 aromatic carbocycles. The number of carbonyl (C=O) groups excluding carboxylic acids is 2. The summed E-state index contributed by atoms with van der Waals surface area (Å²) in [7, 11) is 0. The van der Waals surface area contributed by atoms with E-state index in [0.29, 0.717) is 23.8 Å². The minimum absolute atomic E-state index is 0.0247. The van der Waals surface area contributed by atoms with E-state index in [-0.39, 0.29) is 41.9 Å². The monoisotopic (exact) mass is 630 g/mol. The Hall–Kier alpha value is -2.19. The first-order valence-corrected chi connectivity index (χ1v) is 17.8. The zero-order valence-electron chi connectivity index (χ0n) is 29.2. The van der Waals surface area contributed by atoms with Gasteiger partial charge in [0.2, 0.25) is 5.91 Å². The van der Waals surface area contributed by atoms with Crippen LogP contribution in [0.2, 0.25) is 0 Å². The standard InChI is InChI=1S/C37H62N2O6/c1-8-9-10-11-12-13-14-15-16-28(25(2)3)35(43)39-27-19-17-26(18-20-27)30(23-31(40)41)32-29(21-22-38-32)33(42)34-36(4,5)24-44-37(6,7)45-34/h21-22,25-28,30,34,38H,8-20,23-24H2,1-7H3,(H,39,43)(H,40,41). The number of aliphatic carboxylic acids is 1. The third kappa shape index (κ3) is 10.9. The average Bonchev–Trinajstić information content (AvgIpc) is 3.46. The molecule has 1 amide bonds. The van der Waals surface area contributed by atoms with Gasteiger partial charge in [-0.2, -0.15) is 0 Å². The Balaban J connectivity index is 1.59. The molecule has 1 aromatic rings. The number of nitrogens with one attached hydrogen (secondary N) is 2. The second kappa shape index (κ2) is 17.1. The number of aromatic amines is 1. The summed E-state index contributed by atoms with van der Waals surface area (Å²) in [6.45, 7) is 14.5. The van der Waals surface area contributed by atoms with Gasteiger partial charge in [0.05, 0.1) is 13.0 Å². The first-order chi connectivity index (χ1) is 21.3.